The quantitative estimate of drug-likeness (QED) is 0.420. The molecule has 0 aliphatic rings. The average Bonchev–Trinajstić information content (AvgIpc) is 3.41. The standard InChI is InChI=1S/C22H21FN4O2S/c1-16-6-4-9-19-21(16)25-22(30-19)27(12-5-11-26-13-10-24-15-26)20(28)14-29-18-8-3-2-7-17(18)23/h2-4,6-10,13,15H,5,11-12,14H2,1H3. The van der Waals surface area contributed by atoms with Crippen LogP contribution in [0.3, 0.4) is 0 Å². The summed E-state index contributed by atoms with van der Waals surface area (Å²) in [5.74, 6) is -0.697. The second-order valence-electron chi connectivity index (χ2n) is 6.84. The Morgan fingerprint density at radius 1 is 1.23 bits per heavy atom. The third-order valence-corrected chi connectivity index (χ3v) is 5.73. The molecule has 4 aromatic rings. The fraction of sp³-hybridized carbons (Fsp3) is 0.227. The van der Waals surface area contributed by atoms with Gasteiger partial charge in [0.05, 0.1) is 16.5 Å². The first-order valence-electron chi connectivity index (χ1n) is 9.61. The number of ether oxygens (including phenoxy) is 1. The molecule has 8 heteroatoms. The van der Waals surface area contributed by atoms with Crippen molar-refractivity contribution < 1.29 is 13.9 Å². The molecule has 0 fully saturated rings. The van der Waals surface area contributed by atoms with E-state index < -0.39 is 5.82 Å². The van der Waals surface area contributed by atoms with E-state index in [2.05, 4.69) is 4.98 Å². The molecule has 0 aliphatic heterocycles. The van der Waals surface area contributed by atoms with E-state index in [1.807, 2.05) is 35.9 Å². The van der Waals surface area contributed by atoms with Crippen molar-refractivity contribution in [1.82, 2.24) is 14.5 Å². The highest BCUT2D eigenvalue weighted by molar-refractivity contribution is 7.22. The second-order valence-corrected chi connectivity index (χ2v) is 7.85. The van der Waals surface area contributed by atoms with Crippen molar-refractivity contribution in [2.24, 2.45) is 0 Å². The van der Waals surface area contributed by atoms with Gasteiger partial charge in [-0.05, 0) is 37.1 Å². The molecule has 2 aromatic carbocycles. The number of amides is 1. The molecular weight excluding hydrogens is 403 g/mol. The van der Waals surface area contributed by atoms with Crippen LogP contribution in [0.1, 0.15) is 12.0 Å². The van der Waals surface area contributed by atoms with Crippen molar-refractivity contribution >= 4 is 32.6 Å². The maximum absolute atomic E-state index is 13.8. The zero-order chi connectivity index (χ0) is 20.9. The van der Waals surface area contributed by atoms with Gasteiger partial charge in [-0.3, -0.25) is 9.69 Å². The summed E-state index contributed by atoms with van der Waals surface area (Å²) in [6.45, 7) is 2.93. The van der Waals surface area contributed by atoms with Crippen molar-refractivity contribution in [3.05, 3.63) is 72.6 Å². The van der Waals surface area contributed by atoms with Gasteiger partial charge in [0.1, 0.15) is 0 Å². The minimum atomic E-state index is -0.493. The summed E-state index contributed by atoms with van der Waals surface area (Å²) in [6.07, 6.45) is 6.07. The van der Waals surface area contributed by atoms with Crippen LogP contribution in [-0.4, -0.2) is 33.6 Å². The average molecular weight is 425 g/mol. The molecule has 0 saturated carbocycles. The van der Waals surface area contributed by atoms with Crippen molar-refractivity contribution in [2.45, 2.75) is 19.9 Å². The number of carbonyl (C=O) groups is 1. The highest BCUT2D eigenvalue weighted by Crippen LogP contribution is 2.31. The Kier molecular flexibility index (Phi) is 6.04. The molecular formula is C22H21FN4O2S. The van der Waals surface area contributed by atoms with Gasteiger partial charge in [0.25, 0.3) is 5.91 Å². The number of benzene rings is 2. The van der Waals surface area contributed by atoms with E-state index >= 15 is 0 Å². The van der Waals surface area contributed by atoms with E-state index in [0.717, 1.165) is 28.7 Å². The van der Waals surface area contributed by atoms with Gasteiger partial charge < -0.3 is 9.30 Å². The molecule has 0 unspecified atom stereocenters. The van der Waals surface area contributed by atoms with Gasteiger partial charge in [-0.2, -0.15) is 0 Å². The Hall–Kier alpha value is -3.26. The van der Waals surface area contributed by atoms with Crippen LogP contribution in [0, 0.1) is 12.7 Å². The van der Waals surface area contributed by atoms with Gasteiger partial charge in [0, 0.05) is 25.5 Å². The zero-order valence-electron chi connectivity index (χ0n) is 16.5. The Labute approximate surface area is 177 Å². The minimum absolute atomic E-state index is 0.0596. The van der Waals surface area contributed by atoms with Crippen LogP contribution in [0.15, 0.2) is 61.2 Å². The van der Waals surface area contributed by atoms with Gasteiger partial charge in [-0.1, -0.05) is 35.6 Å². The van der Waals surface area contributed by atoms with Crippen LogP contribution in [0.25, 0.3) is 10.2 Å². The number of hydrogen-bond donors (Lipinski definition) is 0. The van der Waals surface area contributed by atoms with Gasteiger partial charge in [-0.15, -0.1) is 0 Å². The summed E-state index contributed by atoms with van der Waals surface area (Å²) in [4.78, 5) is 23.4. The first-order chi connectivity index (χ1) is 14.6. The van der Waals surface area contributed by atoms with E-state index in [4.69, 9.17) is 9.72 Å². The van der Waals surface area contributed by atoms with E-state index in [-0.39, 0.29) is 18.3 Å². The first kappa shape index (κ1) is 20.0. The van der Waals surface area contributed by atoms with Crippen LogP contribution in [0.5, 0.6) is 5.75 Å². The second kappa shape index (κ2) is 9.04. The smallest absolute Gasteiger partial charge is 0.266 e. The Bertz CT molecular complexity index is 1140. The lowest BCUT2D eigenvalue weighted by Gasteiger charge is -2.20. The number of halogens is 1. The maximum Gasteiger partial charge on any atom is 0.266 e. The number of hydrogen-bond acceptors (Lipinski definition) is 5. The molecule has 0 atom stereocenters. The van der Waals surface area contributed by atoms with Gasteiger partial charge in [-0.25, -0.2) is 14.4 Å². The van der Waals surface area contributed by atoms with Crippen LogP contribution >= 0.6 is 11.3 Å². The molecule has 0 radical (unpaired) electrons. The highest BCUT2D eigenvalue weighted by Gasteiger charge is 2.21. The number of fused-ring (bicyclic) bond motifs is 1. The summed E-state index contributed by atoms with van der Waals surface area (Å²) in [6, 6.07) is 12.0. The van der Waals surface area contributed by atoms with Gasteiger partial charge >= 0.3 is 0 Å². The number of imidazole rings is 1. The molecule has 0 saturated heterocycles. The van der Waals surface area contributed by atoms with Crippen molar-refractivity contribution in [2.75, 3.05) is 18.1 Å². The summed E-state index contributed by atoms with van der Waals surface area (Å²) >= 11 is 1.47. The summed E-state index contributed by atoms with van der Waals surface area (Å²) in [5.41, 5.74) is 1.95. The van der Waals surface area contributed by atoms with E-state index in [1.54, 1.807) is 29.6 Å². The predicted molar refractivity (Wildman–Crippen MR) is 115 cm³/mol. The highest BCUT2D eigenvalue weighted by atomic mass is 32.1. The number of thiazole rings is 1. The fourth-order valence-electron chi connectivity index (χ4n) is 3.13. The van der Waals surface area contributed by atoms with E-state index in [1.165, 1.54) is 23.5 Å². The monoisotopic (exact) mass is 424 g/mol. The summed E-state index contributed by atoms with van der Waals surface area (Å²) in [7, 11) is 0. The fourth-order valence-corrected chi connectivity index (χ4v) is 4.21. The molecule has 154 valence electrons. The molecule has 1 amide bonds. The number of nitrogens with zero attached hydrogens (tertiary/aromatic N) is 4. The summed E-state index contributed by atoms with van der Waals surface area (Å²) in [5, 5.41) is 0.618. The summed E-state index contributed by atoms with van der Waals surface area (Å²) < 4.78 is 22.3. The number of aryl methyl sites for hydroxylation is 2. The lowest BCUT2D eigenvalue weighted by Crippen LogP contribution is -2.36. The number of para-hydroxylation sites is 2. The first-order valence-corrected chi connectivity index (χ1v) is 10.4. The van der Waals surface area contributed by atoms with Crippen molar-refractivity contribution in [3.63, 3.8) is 0 Å². The minimum Gasteiger partial charge on any atom is -0.481 e. The van der Waals surface area contributed by atoms with E-state index in [9.17, 15) is 9.18 Å². The predicted octanol–water partition coefficient (Wildman–Crippen LogP) is 4.44. The van der Waals surface area contributed by atoms with Crippen LogP contribution in [0.2, 0.25) is 0 Å². The Balaban J connectivity index is 1.53. The molecule has 0 aliphatic carbocycles. The van der Waals surface area contributed by atoms with Crippen LogP contribution in [-0.2, 0) is 11.3 Å². The third kappa shape index (κ3) is 4.49. The molecule has 6 nitrogen and oxygen atoms in total. The molecule has 0 spiro atoms. The topological polar surface area (TPSA) is 60.2 Å². The molecule has 4 rings (SSSR count). The Morgan fingerprint density at radius 2 is 2.10 bits per heavy atom. The lowest BCUT2D eigenvalue weighted by atomic mass is 10.2. The number of aromatic nitrogens is 3. The van der Waals surface area contributed by atoms with Crippen LogP contribution < -0.4 is 9.64 Å². The SMILES string of the molecule is Cc1cccc2sc(N(CCCn3ccnc3)C(=O)COc3ccccc3F)nc12. The molecule has 30 heavy (non-hydrogen) atoms. The normalized spacial score (nSPS) is 11.0. The molecule has 2 aromatic heterocycles. The number of anilines is 1. The molecule has 0 bridgehead atoms. The zero-order valence-corrected chi connectivity index (χ0v) is 17.3. The third-order valence-electron chi connectivity index (χ3n) is 4.69. The van der Waals surface area contributed by atoms with Gasteiger partial charge in [0.2, 0.25) is 0 Å². The van der Waals surface area contributed by atoms with Crippen LogP contribution in [0.4, 0.5) is 9.52 Å². The lowest BCUT2D eigenvalue weighted by molar-refractivity contribution is -0.120. The van der Waals surface area contributed by atoms with Gasteiger partial charge in [0.15, 0.2) is 23.3 Å². The Morgan fingerprint density at radius 3 is 2.87 bits per heavy atom. The number of rotatable bonds is 8. The molecule has 2 heterocycles. The van der Waals surface area contributed by atoms with Crippen molar-refractivity contribution in [1.29, 1.82) is 0 Å². The van der Waals surface area contributed by atoms with Crippen molar-refractivity contribution in [3.8, 4) is 5.75 Å². The largest absolute Gasteiger partial charge is 0.481 e. The molecule has 0 N–H and O–H groups in total. The van der Waals surface area contributed by atoms with E-state index in [0.29, 0.717) is 11.7 Å². The maximum atomic E-state index is 13.8. The number of carbonyl (C=O) groups excluding carboxylic acids is 1.